The molecule has 0 amide bonds. The van der Waals surface area contributed by atoms with Gasteiger partial charge < -0.3 is 11.1 Å². The van der Waals surface area contributed by atoms with Gasteiger partial charge in [-0.25, -0.2) is 0 Å². The molecule has 0 aliphatic carbocycles. The van der Waals surface area contributed by atoms with Crippen LogP contribution in [0.3, 0.4) is 0 Å². The van der Waals surface area contributed by atoms with Crippen LogP contribution in [-0.2, 0) is 0 Å². The highest BCUT2D eigenvalue weighted by Gasteiger charge is 2.03. The molecule has 13 heavy (non-hydrogen) atoms. The first kappa shape index (κ1) is 10.2. The van der Waals surface area contributed by atoms with E-state index in [2.05, 4.69) is 36.5 Å². The van der Waals surface area contributed by atoms with Crippen molar-refractivity contribution in [1.29, 1.82) is 0 Å². The molecule has 0 fully saturated rings. The zero-order valence-corrected chi connectivity index (χ0v) is 8.33. The topological polar surface area (TPSA) is 38.0 Å². The Labute approximate surface area is 80.1 Å². The van der Waals surface area contributed by atoms with Gasteiger partial charge in [-0.15, -0.1) is 0 Å². The number of rotatable bonds is 4. The van der Waals surface area contributed by atoms with Crippen molar-refractivity contribution in [1.82, 2.24) is 5.32 Å². The maximum atomic E-state index is 5.66. The van der Waals surface area contributed by atoms with Gasteiger partial charge in [0.25, 0.3) is 0 Å². The van der Waals surface area contributed by atoms with E-state index in [0.29, 0.717) is 6.04 Å². The van der Waals surface area contributed by atoms with Crippen LogP contribution in [0, 0.1) is 0 Å². The van der Waals surface area contributed by atoms with E-state index in [0.717, 1.165) is 6.54 Å². The van der Waals surface area contributed by atoms with Gasteiger partial charge in [-0.2, -0.15) is 0 Å². The minimum Gasteiger partial charge on any atom is -0.327 e. The van der Waals surface area contributed by atoms with E-state index in [9.17, 15) is 0 Å². The number of hydrogen-bond donors (Lipinski definition) is 2. The van der Waals surface area contributed by atoms with Crippen molar-refractivity contribution < 1.29 is 0 Å². The first-order valence-corrected chi connectivity index (χ1v) is 4.74. The third-order valence-electron chi connectivity index (χ3n) is 2.05. The van der Waals surface area contributed by atoms with E-state index in [1.165, 1.54) is 5.56 Å². The van der Waals surface area contributed by atoms with Gasteiger partial charge in [0.15, 0.2) is 0 Å². The summed E-state index contributed by atoms with van der Waals surface area (Å²) >= 11 is 0. The largest absolute Gasteiger partial charge is 0.327 e. The summed E-state index contributed by atoms with van der Waals surface area (Å²) in [6.07, 6.45) is 0. The zero-order valence-electron chi connectivity index (χ0n) is 8.33. The maximum Gasteiger partial charge on any atom is 0.0292 e. The molecule has 0 bridgehead atoms. The predicted molar refractivity (Wildman–Crippen MR) is 56.5 cm³/mol. The fourth-order valence-electron chi connectivity index (χ4n) is 1.22. The van der Waals surface area contributed by atoms with Crippen LogP contribution in [0.5, 0.6) is 0 Å². The number of nitrogens with two attached hydrogens (primary N) is 1. The van der Waals surface area contributed by atoms with Crippen LogP contribution >= 0.6 is 0 Å². The summed E-state index contributed by atoms with van der Waals surface area (Å²) in [5.74, 6) is 0. The highest BCUT2D eigenvalue weighted by Crippen LogP contribution is 2.10. The lowest BCUT2D eigenvalue weighted by atomic mass is 10.1. The lowest BCUT2D eigenvalue weighted by Gasteiger charge is -2.15. The lowest BCUT2D eigenvalue weighted by Crippen LogP contribution is -2.32. The summed E-state index contributed by atoms with van der Waals surface area (Å²) in [6, 6.07) is 11.0. The second-order valence-corrected chi connectivity index (χ2v) is 3.52. The Morgan fingerprint density at radius 1 is 1.23 bits per heavy atom. The summed E-state index contributed by atoms with van der Waals surface area (Å²) in [7, 11) is 0. The molecule has 1 aromatic carbocycles. The Kier molecular flexibility index (Phi) is 3.93. The molecule has 2 unspecified atom stereocenters. The fourth-order valence-corrected chi connectivity index (χ4v) is 1.22. The molecule has 2 atom stereocenters. The highest BCUT2D eigenvalue weighted by molar-refractivity contribution is 5.17. The molecule has 0 aromatic heterocycles. The molecule has 0 spiro atoms. The number of hydrogen-bond acceptors (Lipinski definition) is 2. The first-order chi connectivity index (χ1) is 6.20. The van der Waals surface area contributed by atoms with E-state index in [-0.39, 0.29) is 6.04 Å². The first-order valence-electron chi connectivity index (χ1n) is 4.74. The van der Waals surface area contributed by atoms with Crippen LogP contribution in [-0.4, -0.2) is 12.6 Å². The van der Waals surface area contributed by atoms with Crippen LogP contribution < -0.4 is 11.1 Å². The van der Waals surface area contributed by atoms with E-state index in [4.69, 9.17) is 5.73 Å². The molecular weight excluding hydrogens is 160 g/mol. The van der Waals surface area contributed by atoms with E-state index in [1.807, 2.05) is 13.0 Å². The van der Waals surface area contributed by atoms with Crippen LogP contribution in [0.2, 0.25) is 0 Å². The molecular formula is C11H18N2. The second-order valence-electron chi connectivity index (χ2n) is 3.52. The van der Waals surface area contributed by atoms with Crippen molar-refractivity contribution >= 4 is 0 Å². The summed E-state index contributed by atoms with van der Waals surface area (Å²) < 4.78 is 0. The monoisotopic (exact) mass is 178 g/mol. The Hall–Kier alpha value is -0.860. The molecule has 2 nitrogen and oxygen atoms in total. The normalized spacial score (nSPS) is 15.3. The van der Waals surface area contributed by atoms with Crippen LogP contribution in [0.25, 0.3) is 0 Å². The Morgan fingerprint density at radius 2 is 1.85 bits per heavy atom. The zero-order chi connectivity index (χ0) is 9.68. The highest BCUT2D eigenvalue weighted by atomic mass is 14.9. The standard InChI is InChI=1S/C11H18N2/c1-9(12)8-13-10(2)11-6-4-3-5-7-11/h3-7,9-10,13H,8,12H2,1-2H3. The van der Waals surface area contributed by atoms with Crippen molar-refractivity contribution in [2.75, 3.05) is 6.54 Å². The number of nitrogens with one attached hydrogen (secondary N) is 1. The Balaban J connectivity index is 2.44. The third-order valence-corrected chi connectivity index (χ3v) is 2.05. The van der Waals surface area contributed by atoms with Gasteiger partial charge >= 0.3 is 0 Å². The molecule has 0 saturated carbocycles. The van der Waals surface area contributed by atoms with E-state index < -0.39 is 0 Å². The average molecular weight is 178 g/mol. The lowest BCUT2D eigenvalue weighted by molar-refractivity contribution is 0.534. The second kappa shape index (κ2) is 5.00. The van der Waals surface area contributed by atoms with Crippen molar-refractivity contribution in [3.05, 3.63) is 35.9 Å². The van der Waals surface area contributed by atoms with Crippen LogP contribution in [0.1, 0.15) is 25.5 Å². The molecule has 1 rings (SSSR count). The van der Waals surface area contributed by atoms with Gasteiger partial charge in [-0.1, -0.05) is 30.3 Å². The quantitative estimate of drug-likeness (QED) is 0.736. The molecule has 3 N–H and O–H groups in total. The fraction of sp³-hybridized carbons (Fsp3) is 0.455. The van der Waals surface area contributed by atoms with Gasteiger partial charge in [0, 0.05) is 18.6 Å². The molecule has 0 saturated heterocycles. The van der Waals surface area contributed by atoms with E-state index >= 15 is 0 Å². The van der Waals surface area contributed by atoms with Crippen molar-refractivity contribution in [2.45, 2.75) is 25.9 Å². The van der Waals surface area contributed by atoms with Crippen LogP contribution in [0.4, 0.5) is 0 Å². The SMILES string of the molecule is CC(N)CNC(C)c1ccccc1. The predicted octanol–water partition coefficient (Wildman–Crippen LogP) is 1.68. The van der Waals surface area contributed by atoms with Gasteiger partial charge in [-0.3, -0.25) is 0 Å². The minimum atomic E-state index is 0.214. The van der Waals surface area contributed by atoms with Gasteiger partial charge in [0.2, 0.25) is 0 Å². The summed E-state index contributed by atoms with van der Waals surface area (Å²) in [5, 5.41) is 3.37. The smallest absolute Gasteiger partial charge is 0.0292 e. The van der Waals surface area contributed by atoms with Crippen LogP contribution in [0.15, 0.2) is 30.3 Å². The molecule has 0 radical (unpaired) electrons. The molecule has 0 aliphatic heterocycles. The maximum absolute atomic E-state index is 5.66. The van der Waals surface area contributed by atoms with Crippen molar-refractivity contribution in [3.8, 4) is 0 Å². The van der Waals surface area contributed by atoms with Gasteiger partial charge in [0.05, 0.1) is 0 Å². The summed E-state index contributed by atoms with van der Waals surface area (Å²) in [4.78, 5) is 0. The molecule has 2 heteroatoms. The third kappa shape index (κ3) is 3.57. The molecule has 72 valence electrons. The minimum absolute atomic E-state index is 0.214. The number of benzene rings is 1. The summed E-state index contributed by atoms with van der Waals surface area (Å²) in [6.45, 7) is 5.01. The average Bonchev–Trinajstić information content (AvgIpc) is 2.15. The van der Waals surface area contributed by atoms with E-state index in [1.54, 1.807) is 0 Å². The van der Waals surface area contributed by atoms with Gasteiger partial charge in [0.1, 0.15) is 0 Å². The molecule has 1 aromatic rings. The Morgan fingerprint density at radius 3 is 2.38 bits per heavy atom. The Bertz CT molecular complexity index is 231. The van der Waals surface area contributed by atoms with Gasteiger partial charge in [-0.05, 0) is 19.4 Å². The molecule has 0 aliphatic rings. The summed E-state index contributed by atoms with van der Waals surface area (Å²) in [5.41, 5.74) is 6.96. The van der Waals surface area contributed by atoms with Crippen molar-refractivity contribution in [2.24, 2.45) is 5.73 Å². The molecule has 0 heterocycles. The van der Waals surface area contributed by atoms with Crippen molar-refractivity contribution in [3.63, 3.8) is 0 Å².